The maximum atomic E-state index is 5.80. The van der Waals surface area contributed by atoms with Crippen LogP contribution in [0.5, 0.6) is 5.75 Å². The van der Waals surface area contributed by atoms with Crippen molar-refractivity contribution < 1.29 is 4.74 Å². The quantitative estimate of drug-likeness (QED) is 0.832. The van der Waals surface area contributed by atoms with Crippen molar-refractivity contribution in [3.63, 3.8) is 0 Å². The molecule has 1 unspecified atom stereocenters. The Bertz CT molecular complexity index is 383. The third kappa shape index (κ3) is 4.02. The Balaban J connectivity index is 2.88. The van der Waals surface area contributed by atoms with Crippen LogP contribution >= 0.6 is 0 Å². The molecule has 0 aliphatic carbocycles. The van der Waals surface area contributed by atoms with Crippen LogP contribution in [0.3, 0.4) is 0 Å². The van der Waals surface area contributed by atoms with Gasteiger partial charge in [0.15, 0.2) is 0 Å². The lowest BCUT2D eigenvalue weighted by Crippen LogP contribution is -2.14. The summed E-state index contributed by atoms with van der Waals surface area (Å²) >= 11 is 0. The summed E-state index contributed by atoms with van der Waals surface area (Å²) in [4.78, 5) is 0. The summed E-state index contributed by atoms with van der Waals surface area (Å²) in [6, 6.07) is 4.77. The predicted molar refractivity (Wildman–Crippen MR) is 78.4 cm³/mol. The molecule has 0 saturated heterocycles. The molecule has 0 heterocycles. The van der Waals surface area contributed by atoms with E-state index in [9.17, 15) is 0 Å². The molecule has 1 aromatic carbocycles. The van der Waals surface area contributed by atoms with Crippen LogP contribution in [-0.4, -0.2) is 13.2 Å². The van der Waals surface area contributed by atoms with E-state index in [4.69, 9.17) is 10.5 Å². The number of methoxy groups -OCH3 is 1. The summed E-state index contributed by atoms with van der Waals surface area (Å²) in [5, 5.41) is 0. The van der Waals surface area contributed by atoms with Gasteiger partial charge in [0.05, 0.1) is 7.11 Å². The molecular formula is C16H27NO. The van der Waals surface area contributed by atoms with E-state index in [2.05, 4.69) is 39.8 Å². The number of hydrogen-bond acceptors (Lipinski definition) is 2. The van der Waals surface area contributed by atoms with Crippen LogP contribution in [0.2, 0.25) is 0 Å². The van der Waals surface area contributed by atoms with E-state index in [1.165, 1.54) is 16.7 Å². The Kier molecular flexibility index (Phi) is 5.67. The SMILES string of the molecule is COc1cc(C)c(CCCC(C)N)cc1C(C)C. The Morgan fingerprint density at radius 1 is 1.22 bits per heavy atom. The average molecular weight is 249 g/mol. The molecule has 0 fully saturated rings. The molecule has 0 bridgehead atoms. The fraction of sp³-hybridized carbons (Fsp3) is 0.625. The van der Waals surface area contributed by atoms with Crippen molar-refractivity contribution in [2.24, 2.45) is 5.73 Å². The molecule has 2 N–H and O–H groups in total. The Morgan fingerprint density at radius 2 is 1.89 bits per heavy atom. The van der Waals surface area contributed by atoms with Gasteiger partial charge in [0, 0.05) is 6.04 Å². The number of rotatable bonds is 6. The van der Waals surface area contributed by atoms with Crippen molar-refractivity contribution in [2.45, 2.75) is 58.9 Å². The van der Waals surface area contributed by atoms with E-state index < -0.39 is 0 Å². The Labute approximate surface area is 112 Å². The van der Waals surface area contributed by atoms with Gasteiger partial charge in [-0.3, -0.25) is 0 Å². The molecule has 1 aromatic rings. The van der Waals surface area contributed by atoms with Crippen molar-refractivity contribution >= 4 is 0 Å². The molecule has 0 aliphatic rings. The second kappa shape index (κ2) is 6.79. The van der Waals surface area contributed by atoms with Crippen molar-refractivity contribution in [3.05, 3.63) is 28.8 Å². The molecule has 0 aromatic heterocycles. The number of aryl methyl sites for hydroxylation is 2. The lowest BCUT2D eigenvalue weighted by atomic mass is 9.93. The van der Waals surface area contributed by atoms with Gasteiger partial charge in [-0.05, 0) is 61.8 Å². The van der Waals surface area contributed by atoms with E-state index in [0.29, 0.717) is 12.0 Å². The lowest BCUT2D eigenvalue weighted by molar-refractivity contribution is 0.407. The number of nitrogens with two attached hydrogens (primary N) is 1. The first kappa shape index (κ1) is 15.0. The van der Waals surface area contributed by atoms with E-state index in [0.717, 1.165) is 25.0 Å². The molecular weight excluding hydrogens is 222 g/mol. The van der Waals surface area contributed by atoms with Crippen LogP contribution in [-0.2, 0) is 6.42 Å². The second-order valence-corrected chi connectivity index (χ2v) is 5.54. The van der Waals surface area contributed by atoms with Crippen molar-refractivity contribution in [2.75, 3.05) is 7.11 Å². The second-order valence-electron chi connectivity index (χ2n) is 5.54. The normalized spacial score (nSPS) is 12.8. The smallest absolute Gasteiger partial charge is 0.122 e. The molecule has 0 amide bonds. The van der Waals surface area contributed by atoms with Crippen LogP contribution in [0.15, 0.2) is 12.1 Å². The van der Waals surface area contributed by atoms with Crippen molar-refractivity contribution in [1.29, 1.82) is 0 Å². The van der Waals surface area contributed by atoms with Crippen molar-refractivity contribution in [3.8, 4) is 5.75 Å². The van der Waals surface area contributed by atoms with Crippen LogP contribution < -0.4 is 10.5 Å². The third-order valence-electron chi connectivity index (χ3n) is 3.42. The first-order valence-corrected chi connectivity index (χ1v) is 6.88. The highest BCUT2D eigenvalue weighted by Gasteiger charge is 2.11. The standard InChI is InChI=1S/C16H27NO/c1-11(2)15-10-14(8-6-7-13(4)17)12(3)9-16(15)18-5/h9-11,13H,6-8,17H2,1-5H3. The number of benzene rings is 1. The predicted octanol–water partition coefficient (Wildman–Crippen LogP) is 3.80. The Hall–Kier alpha value is -1.02. The van der Waals surface area contributed by atoms with Gasteiger partial charge in [-0.1, -0.05) is 19.9 Å². The van der Waals surface area contributed by atoms with Crippen molar-refractivity contribution in [1.82, 2.24) is 0 Å². The summed E-state index contributed by atoms with van der Waals surface area (Å²) in [6.45, 7) is 8.64. The number of hydrogen-bond donors (Lipinski definition) is 1. The highest BCUT2D eigenvalue weighted by molar-refractivity contribution is 5.43. The molecule has 1 rings (SSSR count). The topological polar surface area (TPSA) is 35.2 Å². The molecule has 2 heteroatoms. The molecule has 0 radical (unpaired) electrons. The van der Waals surface area contributed by atoms with E-state index >= 15 is 0 Å². The van der Waals surface area contributed by atoms with E-state index in [-0.39, 0.29) is 0 Å². The Morgan fingerprint density at radius 3 is 2.39 bits per heavy atom. The van der Waals surface area contributed by atoms with Gasteiger partial charge in [0.1, 0.15) is 5.75 Å². The maximum Gasteiger partial charge on any atom is 0.122 e. The van der Waals surface area contributed by atoms with Gasteiger partial charge in [-0.25, -0.2) is 0 Å². The van der Waals surface area contributed by atoms with Gasteiger partial charge in [0.25, 0.3) is 0 Å². The lowest BCUT2D eigenvalue weighted by Gasteiger charge is -2.16. The van der Waals surface area contributed by atoms with Gasteiger partial charge < -0.3 is 10.5 Å². The minimum Gasteiger partial charge on any atom is -0.496 e. The first-order chi connectivity index (χ1) is 8.45. The zero-order valence-electron chi connectivity index (χ0n) is 12.4. The minimum absolute atomic E-state index is 0.299. The van der Waals surface area contributed by atoms with Crippen LogP contribution in [0.25, 0.3) is 0 Å². The summed E-state index contributed by atoms with van der Waals surface area (Å²) in [5.41, 5.74) is 9.85. The number of ether oxygens (including phenoxy) is 1. The van der Waals surface area contributed by atoms with Gasteiger partial charge in [-0.15, -0.1) is 0 Å². The molecule has 0 spiro atoms. The molecule has 2 nitrogen and oxygen atoms in total. The molecule has 18 heavy (non-hydrogen) atoms. The fourth-order valence-electron chi connectivity index (χ4n) is 2.26. The highest BCUT2D eigenvalue weighted by atomic mass is 16.5. The molecule has 1 atom stereocenters. The van der Waals surface area contributed by atoms with Crippen LogP contribution in [0.1, 0.15) is 56.2 Å². The minimum atomic E-state index is 0.299. The van der Waals surface area contributed by atoms with Gasteiger partial charge >= 0.3 is 0 Å². The van der Waals surface area contributed by atoms with Gasteiger partial charge in [-0.2, -0.15) is 0 Å². The summed E-state index contributed by atoms with van der Waals surface area (Å²) in [6.07, 6.45) is 3.35. The van der Waals surface area contributed by atoms with E-state index in [1.54, 1.807) is 7.11 Å². The molecule has 102 valence electrons. The third-order valence-corrected chi connectivity index (χ3v) is 3.42. The largest absolute Gasteiger partial charge is 0.496 e. The zero-order chi connectivity index (χ0) is 13.7. The maximum absolute atomic E-state index is 5.80. The summed E-state index contributed by atoms with van der Waals surface area (Å²) in [7, 11) is 1.75. The highest BCUT2D eigenvalue weighted by Crippen LogP contribution is 2.30. The molecule has 0 saturated carbocycles. The van der Waals surface area contributed by atoms with Crippen LogP contribution in [0, 0.1) is 6.92 Å². The summed E-state index contributed by atoms with van der Waals surface area (Å²) < 4.78 is 5.47. The molecule has 0 aliphatic heterocycles. The fourth-order valence-corrected chi connectivity index (χ4v) is 2.26. The monoisotopic (exact) mass is 249 g/mol. The zero-order valence-corrected chi connectivity index (χ0v) is 12.4. The first-order valence-electron chi connectivity index (χ1n) is 6.88. The average Bonchev–Trinajstić information content (AvgIpc) is 2.29. The summed E-state index contributed by atoms with van der Waals surface area (Å²) in [5.74, 6) is 1.51. The van der Waals surface area contributed by atoms with Crippen LogP contribution in [0.4, 0.5) is 0 Å². The van der Waals surface area contributed by atoms with Gasteiger partial charge in [0.2, 0.25) is 0 Å². The van der Waals surface area contributed by atoms with E-state index in [1.807, 2.05) is 0 Å².